The fourth-order valence-electron chi connectivity index (χ4n) is 2.00. The Labute approximate surface area is 118 Å². The first kappa shape index (κ1) is 14.3. The molecule has 0 aliphatic carbocycles. The molecule has 2 N–H and O–H groups in total. The van der Waals surface area contributed by atoms with Gasteiger partial charge in [-0.3, -0.25) is 10.1 Å². The van der Waals surface area contributed by atoms with Crippen molar-refractivity contribution in [3.8, 4) is 0 Å². The SMILES string of the molecule is O=C(O)N1CCC(Nc2nc(Cl)ncc2[N+](=O)[O-])CC1. The Morgan fingerprint density at radius 3 is 2.75 bits per heavy atom. The van der Waals surface area contributed by atoms with E-state index in [1.165, 1.54) is 4.90 Å². The van der Waals surface area contributed by atoms with Crippen LogP contribution in [0.15, 0.2) is 6.20 Å². The number of carboxylic acid groups (broad SMARTS) is 1. The van der Waals surface area contributed by atoms with Gasteiger partial charge in [0, 0.05) is 19.1 Å². The number of likely N-dealkylation sites (tertiary alicyclic amines) is 1. The van der Waals surface area contributed by atoms with E-state index in [0.29, 0.717) is 25.9 Å². The van der Waals surface area contributed by atoms with E-state index in [-0.39, 0.29) is 22.8 Å². The number of aromatic nitrogens is 2. The van der Waals surface area contributed by atoms with Gasteiger partial charge in [0.05, 0.1) is 4.92 Å². The maximum Gasteiger partial charge on any atom is 0.407 e. The molecule has 0 bridgehead atoms. The molecule has 1 fully saturated rings. The average molecular weight is 302 g/mol. The van der Waals surface area contributed by atoms with Gasteiger partial charge >= 0.3 is 11.8 Å². The summed E-state index contributed by atoms with van der Waals surface area (Å²) in [5, 5.41) is 22.6. The standard InChI is InChI=1S/C10H12ClN5O4/c11-9-12-5-7(16(19)20)8(14-9)13-6-1-3-15(4-2-6)10(17)18/h5-6H,1-4H2,(H,17,18)(H,12,13,14). The number of amides is 1. The van der Waals surface area contributed by atoms with Crippen molar-refractivity contribution in [1.29, 1.82) is 0 Å². The summed E-state index contributed by atoms with van der Waals surface area (Å²) in [6, 6.07) is -0.0877. The quantitative estimate of drug-likeness (QED) is 0.494. The number of halogens is 1. The summed E-state index contributed by atoms with van der Waals surface area (Å²) in [5.41, 5.74) is -0.255. The van der Waals surface area contributed by atoms with E-state index in [0.717, 1.165) is 6.20 Å². The van der Waals surface area contributed by atoms with E-state index in [1.54, 1.807) is 0 Å². The molecule has 1 aromatic rings. The van der Waals surface area contributed by atoms with Gasteiger partial charge in [0.2, 0.25) is 11.1 Å². The van der Waals surface area contributed by atoms with E-state index in [4.69, 9.17) is 16.7 Å². The van der Waals surface area contributed by atoms with Gasteiger partial charge in [-0.1, -0.05) is 0 Å². The number of rotatable bonds is 3. The molecule has 1 aromatic heterocycles. The van der Waals surface area contributed by atoms with Crippen molar-refractivity contribution in [2.45, 2.75) is 18.9 Å². The average Bonchev–Trinajstić information content (AvgIpc) is 2.39. The molecule has 1 saturated heterocycles. The predicted octanol–water partition coefficient (Wildman–Crippen LogP) is 1.59. The van der Waals surface area contributed by atoms with Gasteiger partial charge in [-0.15, -0.1) is 0 Å². The number of piperidine rings is 1. The highest BCUT2D eigenvalue weighted by atomic mass is 35.5. The zero-order valence-corrected chi connectivity index (χ0v) is 11.1. The number of carbonyl (C=O) groups is 1. The summed E-state index contributed by atoms with van der Waals surface area (Å²) in [5.74, 6) is 0.0591. The molecule has 1 aliphatic heterocycles. The fourth-order valence-corrected chi connectivity index (χ4v) is 2.14. The Morgan fingerprint density at radius 1 is 1.55 bits per heavy atom. The highest BCUT2D eigenvalue weighted by Crippen LogP contribution is 2.24. The van der Waals surface area contributed by atoms with Crippen molar-refractivity contribution in [3.63, 3.8) is 0 Å². The van der Waals surface area contributed by atoms with Crippen LogP contribution in [0.5, 0.6) is 0 Å². The number of hydrogen-bond acceptors (Lipinski definition) is 6. The highest BCUT2D eigenvalue weighted by molar-refractivity contribution is 6.28. The Hall–Kier alpha value is -2.16. The van der Waals surface area contributed by atoms with E-state index < -0.39 is 11.0 Å². The second-order valence-corrected chi connectivity index (χ2v) is 4.66. The molecule has 108 valence electrons. The summed E-state index contributed by atoms with van der Waals surface area (Å²) in [6.07, 6.45) is 1.18. The number of anilines is 1. The fraction of sp³-hybridized carbons (Fsp3) is 0.500. The molecule has 1 aliphatic rings. The van der Waals surface area contributed by atoms with Crippen LogP contribution in [-0.2, 0) is 0 Å². The van der Waals surface area contributed by atoms with Crippen LogP contribution in [0.2, 0.25) is 5.28 Å². The van der Waals surface area contributed by atoms with E-state index >= 15 is 0 Å². The molecule has 0 unspecified atom stereocenters. The molecule has 0 saturated carbocycles. The lowest BCUT2D eigenvalue weighted by molar-refractivity contribution is -0.384. The molecule has 0 radical (unpaired) electrons. The second kappa shape index (κ2) is 5.87. The number of hydrogen-bond donors (Lipinski definition) is 2. The van der Waals surface area contributed by atoms with Gasteiger partial charge in [0.1, 0.15) is 6.20 Å². The first-order valence-corrected chi connectivity index (χ1v) is 6.26. The molecule has 0 spiro atoms. The van der Waals surface area contributed by atoms with Gasteiger partial charge in [-0.2, -0.15) is 4.98 Å². The molecule has 10 heteroatoms. The van der Waals surface area contributed by atoms with Crippen molar-refractivity contribution >= 4 is 29.2 Å². The summed E-state index contributed by atoms with van der Waals surface area (Å²) in [7, 11) is 0. The maximum absolute atomic E-state index is 10.9. The third kappa shape index (κ3) is 3.23. The molecular weight excluding hydrogens is 290 g/mol. The summed E-state index contributed by atoms with van der Waals surface area (Å²) in [4.78, 5) is 29.8. The second-order valence-electron chi connectivity index (χ2n) is 4.32. The maximum atomic E-state index is 10.9. The smallest absolute Gasteiger partial charge is 0.407 e. The molecule has 1 amide bonds. The molecule has 20 heavy (non-hydrogen) atoms. The Kier molecular flexibility index (Phi) is 4.18. The first-order valence-electron chi connectivity index (χ1n) is 5.88. The van der Waals surface area contributed by atoms with Gasteiger partial charge in [-0.05, 0) is 24.4 Å². The molecular formula is C10H12ClN5O4. The van der Waals surface area contributed by atoms with Crippen molar-refractivity contribution < 1.29 is 14.8 Å². The largest absolute Gasteiger partial charge is 0.465 e. The van der Waals surface area contributed by atoms with Crippen LogP contribution in [0.3, 0.4) is 0 Å². The van der Waals surface area contributed by atoms with Gasteiger partial charge in [0.25, 0.3) is 0 Å². The van der Waals surface area contributed by atoms with Crippen molar-refractivity contribution in [3.05, 3.63) is 21.6 Å². The molecule has 0 aromatic carbocycles. The molecule has 2 rings (SSSR count). The minimum atomic E-state index is -0.959. The Balaban J connectivity index is 2.06. The molecule has 9 nitrogen and oxygen atoms in total. The predicted molar refractivity (Wildman–Crippen MR) is 69.9 cm³/mol. The number of nitro groups is 1. The van der Waals surface area contributed by atoms with Crippen LogP contribution < -0.4 is 5.32 Å². The van der Waals surface area contributed by atoms with Crippen molar-refractivity contribution in [1.82, 2.24) is 14.9 Å². The molecule has 2 heterocycles. The lowest BCUT2D eigenvalue weighted by Gasteiger charge is -2.30. The monoisotopic (exact) mass is 301 g/mol. The zero-order chi connectivity index (χ0) is 14.7. The zero-order valence-electron chi connectivity index (χ0n) is 10.3. The number of nitrogens with zero attached hydrogens (tertiary/aromatic N) is 4. The lowest BCUT2D eigenvalue weighted by Crippen LogP contribution is -2.41. The topological polar surface area (TPSA) is 121 Å². The van der Waals surface area contributed by atoms with Gasteiger partial charge in [-0.25, -0.2) is 9.78 Å². The molecule has 0 atom stereocenters. The highest BCUT2D eigenvalue weighted by Gasteiger charge is 2.25. The van der Waals surface area contributed by atoms with Gasteiger partial charge < -0.3 is 15.3 Å². The Bertz CT molecular complexity index is 532. The third-order valence-electron chi connectivity index (χ3n) is 3.04. The van der Waals surface area contributed by atoms with E-state index in [1.807, 2.05) is 0 Å². The lowest BCUT2D eigenvalue weighted by atomic mass is 10.1. The van der Waals surface area contributed by atoms with Crippen LogP contribution in [0.1, 0.15) is 12.8 Å². The van der Waals surface area contributed by atoms with E-state index in [2.05, 4.69) is 15.3 Å². The van der Waals surface area contributed by atoms with Crippen LogP contribution in [-0.4, -0.2) is 50.1 Å². The van der Waals surface area contributed by atoms with Crippen LogP contribution in [0, 0.1) is 10.1 Å². The number of nitrogens with one attached hydrogen (secondary N) is 1. The van der Waals surface area contributed by atoms with Crippen molar-refractivity contribution in [2.24, 2.45) is 0 Å². The Morgan fingerprint density at radius 2 is 2.20 bits per heavy atom. The summed E-state index contributed by atoms with van der Waals surface area (Å²) in [6.45, 7) is 0.749. The minimum Gasteiger partial charge on any atom is -0.465 e. The summed E-state index contributed by atoms with van der Waals surface area (Å²) >= 11 is 5.63. The van der Waals surface area contributed by atoms with Gasteiger partial charge in [0.15, 0.2) is 0 Å². The third-order valence-corrected chi connectivity index (χ3v) is 3.23. The van der Waals surface area contributed by atoms with Crippen LogP contribution >= 0.6 is 11.6 Å². The van der Waals surface area contributed by atoms with Crippen LogP contribution in [0.4, 0.5) is 16.3 Å². The van der Waals surface area contributed by atoms with Crippen LogP contribution in [0.25, 0.3) is 0 Å². The minimum absolute atomic E-state index is 0.0591. The first-order chi connectivity index (χ1) is 9.47. The van der Waals surface area contributed by atoms with E-state index in [9.17, 15) is 14.9 Å². The normalized spacial score (nSPS) is 15.9. The van der Waals surface area contributed by atoms with Crippen molar-refractivity contribution in [2.75, 3.05) is 18.4 Å². The summed E-state index contributed by atoms with van der Waals surface area (Å²) < 4.78 is 0.